The lowest BCUT2D eigenvalue weighted by Gasteiger charge is -2.18. The highest BCUT2D eigenvalue weighted by Gasteiger charge is 2.20. The van der Waals surface area contributed by atoms with Crippen molar-refractivity contribution >= 4 is 32.5 Å². The van der Waals surface area contributed by atoms with E-state index in [0.717, 1.165) is 23.8 Å². The van der Waals surface area contributed by atoms with Crippen LogP contribution in [0.2, 0.25) is 0 Å². The van der Waals surface area contributed by atoms with E-state index in [9.17, 15) is 22.7 Å². The molecule has 1 unspecified atom stereocenters. The molecule has 1 heterocycles. The van der Waals surface area contributed by atoms with E-state index >= 15 is 0 Å². The second-order valence-electron chi connectivity index (χ2n) is 9.08. The molecular formula is C28H30FN3O5S. The van der Waals surface area contributed by atoms with Gasteiger partial charge in [0.2, 0.25) is 10.0 Å². The smallest absolute Gasteiger partial charge is 0.255 e. The summed E-state index contributed by atoms with van der Waals surface area (Å²) >= 11 is 0. The van der Waals surface area contributed by atoms with Crippen LogP contribution >= 0.6 is 0 Å². The lowest BCUT2D eigenvalue weighted by Crippen LogP contribution is -2.39. The highest BCUT2D eigenvalue weighted by molar-refractivity contribution is 7.92. The molecule has 1 amide bonds. The first-order chi connectivity index (χ1) is 18.2. The monoisotopic (exact) mass is 539 g/mol. The Hall–Kier alpha value is -3.89. The van der Waals surface area contributed by atoms with Crippen molar-refractivity contribution in [2.24, 2.45) is 0 Å². The highest BCUT2D eigenvalue weighted by atomic mass is 32.2. The SMILES string of the molecule is CCCOc1ccc(-c2cccc(NS(C)(=O)=O)c2)cc1C(=O)NC(CO)Cc1c[nH]c2ccc(F)cc12. The van der Waals surface area contributed by atoms with Gasteiger partial charge in [-0.05, 0) is 72.0 Å². The van der Waals surface area contributed by atoms with Crippen LogP contribution in [0, 0.1) is 5.82 Å². The summed E-state index contributed by atoms with van der Waals surface area (Å²) < 4.78 is 45.4. The average Bonchev–Trinajstić information content (AvgIpc) is 3.27. The lowest BCUT2D eigenvalue weighted by atomic mass is 10.0. The van der Waals surface area contributed by atoms with E-state index in [0.29, 0.717) is 34.6 Å². The van der Waals surface area contributed by atoms with Crippen LogP contribution < -0.4 is 14.8 Å². The number of carbonyl (C=O) groups excluding carboxylic acids is 1. The Balaban J connectivity index is 1.61. The Morgan fingerprint density at radius 3 is 2.63 bits per heavy atom. The number of H-pyrrole nitrogens is 1. The number of halogens is 1. The van der Waals surface area contributed by atoms with Crippen molar-refractivity contribution in [1.82, 2.24) is 10.3 Å². The quantitative estimate of drug-likeness (QED) is 0.224. The number of carbonyl (C=O) groups is 1. The molecule has 8 nitrogen and oxygen atoms in total. The molecule has 0 saturated heterocycles. The minimum absolute atomic E-state index is 0.279. The van der Waals surface area contributed by atoms with Crippen molar-refractivity contribution in [1.29, 1.82) is 0 Å². The Morgan fingerprint density at radius 2 is 1.89 bits per heavy atom. The van der Waals surface area contributed by atoms with Crippen LogP contribution in [0.5, 0.6) is 5.75 Å². The molecule has 0 fully saturated rings. The van der Waals surface area contributed by atoms with E-state index in [1.54, 1.807) is 48.7 Å². The molecule has 0 saturated carbocycles. The number of hydrogen-bond donors (Lipinski definition) is 4. The molecule has 4 N–H and O–H groups in total. The van der Waals surface area contributed by atoms with Crippen molar-refractivity contribution in [3.05, 3.63) is 83.8 Å². The molecule has 4 rings (SSSR count). The number of anilines is 1. The molecule has 0 radical (unpaired) electrons. The van der Waals surface area contributed by atoms with Gasteiger partial charge in [0, 0.05) is 22.8 Å². The van der Waals surface area contributed by atoms with Crippen LogP contribution in [0.4, 0.5) is 10.1 Å². The van der Waals surface area contributed by atoms with Crippen molar-refractivity contribution < 1.29 is 27.4 Å². The van der Waals surface area contributed by atoms with E-state index in [4.69, 9.17) is 4.74 Å². The molecule has 38 heavy (non-hydrogen) atoms. The topological polar surface area (TPSA) is 121 Å². The first-order valence-electron chi connectivity index (χ1n) is 12.2. The number of ether oxygens (including phenoxy) is 1. The molecule has 200 valence electrons. The predicted octanol–water partition coefficient (Wildman–Crippen LogP) is 4.47. The van der Waals surface area contributed by atoms with Gasteiger partial charge in [0.25, 0.3) is 5.91 Å². The van der Waals surface area contributed by atoms with Gasteiger partial charge in [0.05, 0.1) is 31.1 Å². The van der Waals surface area contributed by atoms with E-state index in [-0.39, 0.29) is 24.4 Å². The summed E-state index contributed by atoms with van der Waals surface area (Å²) in [5.74, 6) is -0.411. The van der Waals surface area contributed by atoms with Crippen molar-refractivity contribution in [2.75, 3.05) is 24.2 Å². The van der Waals surface area contributed by atoms with Crippen LogP contribution in [0.3, 0.4) is 0 Å². The maximum atomic E-state index is 13.8. The number of aliphatic hydroxyl groups is 1. The highest BCUT2D eigenvalue weighted by Crippen LogP contribution is 2.29. The fourth-order valence-electron chi connectivity index (χ4n) is 4.21. The summed E-state index contributed by atoms with van der Waals surface area (Å²) in [6, 6.07) is 15.8. The number of nitrogens with one attached hydrogen (secondary N) is 3. The first-order valence-corrected chi connectivity index (χ1v) is 14.1. The normalized spacial score (nSPS) is 12.3. The van der Waals surface area contributed by atoms with Gasteiger partial charge in [-0.3, -0.25) is 9.52 Å². The lowest BCUT2D eigenvalue weighted by molar-refractivity contribution is 0.0912. The molecule has 0 aliphatic rings. The van der Waals surface area contributed by atoms with Gasteiger partial charge in [-0.2, -0.15) is 0 Å². The van der Waals surface area contributed by atoms with Gasteiger partial charge in [0.15, 0.2) is 0 Å². The van der Waals surface area contributed by atoms with Gasteiger partial charge in [0.1, 0.15) is 11.6 Å². The third kappa shape index (κ3) is 6.70. The number of rotatable bonds is 11. The van der Waals surface area contributed by atoms with Crippen molar-refractivity contribution in [2.45, 2.75) is 25.8 Å². The van der Waals surface area contributed by atoms with Crippen molar-refractivity contribution in [3.63, 3.8) is 0 Å². The molecular weight excluding hydrogens is 509 g/mol. The summed E-state index contributed by atoms with van der Waals surface area (Å²) in [7, 11) is -3.45. The molecule has 1 aromatic heterocycles. The van der Waals surface area contributed by atoms with E-state index < -0.39 is 22.0 Å². The Labute approximate surface area is 220 Å². The largest absolute Gasteiger partial charge is 0.493 e. The Morgan fingerprint density at radius 1 is 1.11 bits per heavy atom. The summed E-state index contributed by atoms with van der Waals surface area (Å²) in [4.78, 5) is 16.5. The zero-order valence-corrected chi connectivity index (χ0v) is 21.9. The average molecular weight is 540 g/mol. The Bertz CT molecular complexity index is 1550. The van der Waals surface area contributed by atoms with Gasteiger partial charge in [-0.15, -0.1) is 0 Å². The summed E-state index contributed by atoms with van der Waals surface area (Å²) in [6.07, 6.45) is 3.85. The Kier molecular flexibility index (Phi) is 8.33. The fraction of sp³-hybridized carbons (Fsp3) is 0.250. The van der Waals surface area contributed by atoms with E-state index in [1.165, 1.54) is 12.1 Å². The standard InChI is InChI=1S/C28H30FN3O5S/c1-3-11-37-27-10-7-19(18-5-4-6-22(12-18)32-38(2,35)36)14-25(27)28(34)31-23(17-33)13-20-16-30-26-9-8-21(29)15-24(20)26/h4-10,12,14-16,23,30,32-33H,3,11,13,17H2,1-2H3,(H,31,34). The number of aromatic nitrogens is 1. The number of amides is 1. The van der Waals surface area contributed by atoms with Crippen LogP contribution in [-0.2, 0) is 16.4 Å². The maximum absolute atomic E-state index is 13.8. The second-order valence-corrected chi connectivity index (χ2v) is 10.8. The number of benzene rings is 3. The molecule has 1 atom stereocenters. The minimum atomic E-state index is -3.45. The molecule has 0 aliphatic carbocycles. The first kappa shape index (κ1) is 27.2. The third-order valence-corrected chi connectivity index (χ3v) is 6.54. The third-order valence-electron chi connectivity index (χ3n) is 5.94. The molecule has 3 aromatic carbocycles. The maximum Gasteiger partial charge on any atom is 0.255 e. The molecule has 0 spiro atoms. The molecule has 10 heteroatoms. The van der Waals surface area contributed by atoms with Gasteiger partial charge in [-0.1, -0.05) is 25.1 Å². The molecule has 0 aliphatic heterocycles. The minimum Gasteiger partial charge on any atom is -0.493 e. The molecule has 4 aromatic rings. The second kappa shape index (κ2) is 11.7. The number of sulfonamides is 1. The van der Waals surface area contributed by atoms with Crippen LogP contribution in [0.25, 0.3) is 22.0 Å². The van der Waals surface area contributed by atoms with Crippen molar-refractivity contribution in [3.8, 4) is 16.9 Å². The van der Waals surface area contributed by atoms with Gasteiger partial charge >= 0.3 is 0 Å². The number of aromatic amines is 1. The predicted molar refractivity (Wildman–Crippen MR) is 146 cm³/mol. The number of aliphatic hydroxyl groups excluding tert-OH is 1. The summed E-state index contributed by atoms with van der Waals surface area (Å²) in [5.41, 5.74) is 3.60. The number of hydrogen-bond acceptors (Lipinski definition) is 5. The summed E-state index contributed by atoms with van der Waals surface area (Å²) in [6.45, 7) is 2.05. The van der Waals surface area contributed by atoms with E-state index in [2.05, 4.69) is 15.0 Å². The molecule has 0 bridgehead atoms. The van der Waals surface area contributed by atoms with Gasteiger partial charge in [-0.25, -0.2) is 12.8 Å². The van der Waals surface area contributed by atoms with Crippen LogP contribution in [0.15, 0.2) is 66.9 Å². The summed E-state index contributed by atoms with van der Waals surface area (Å²) in [5, 5.41) is 13.6. The van der Waals surface area contributed by atoms with Crippen LogP contribution in [-0.4, -0.2) is 49.9 Å². The van der Waals surface area contributed by atoms with Crippen LogP contribution in [0.1, 0.15) is 29.3 Å². The van der Waals surface area contributed by atoms with E-state index in [1.807, 2.05) is 13.0 Å². The zero-order valence-electron chi connectivity index (χ0n) is 21.1. The number of fused-ring (bicyclic) bond motifs is 1. The van der Waals surface area contributed by atoms with Gasteiger partial charge < -0.3 is 20.1 Å². The fourth-order valence-corrected chi connectivity index (χ4v) is 4.77. The zero-order chi connectivity index (χ0) is 27.3.